The zero-order valence-corrected chi connectivity index (χ0v) is 13.2. The molecule has 1 fully saturated rings. The van der Waals surface area contributed by atoms with Gasteiger partial charge in [0.2, 0.25) is 5.91 Å². The Balaban J connectivity index is 1.72. The van der Waals surface area contributed by atoms with Crippen LogP contribution < -0.4 is 11.1 Å². The summed E-state index contributed by atoms with van der Waals surface area (Å²) in [4.78, 5) is 16.6. The summed E-state index contributed by atoms with van der Waals surface area (Å²) in [6.07, 6.45) is 6.49. The molecule has 1 amide bonds. The van der Waals surface area contributed by atoms with Gasteiger partial charge in [0.05, 0.1) is 17.9 Å². The van der Waals surface area contributed by atoms with E-state index in [0.29, 0.717) is 26.1 Å². The van der Waals surface area contributed by atoms with Crippen LogP contribution >= 0.6 is 0 Å². The highest BCUT2D eigenvalue weighted by Crippen LogP contribution is 2.21. The summed E-state index contributed by atoms with van der Waals surface area (Å²) in [6.45, 7) is 3.04. The fourth-order valence-electron chi connectivity index (χ4n) is 2.75. The molecule has 0 saturated carbocycles. The van der Waals surface area contributed by atoms with Crippen LogP contribution in [0.5, 0.6) is 0 Å². The van der Waals surface area contributed by atoms with Crippen molar-refractivity contribution in [2.75, 3.05) is 13.2 Å². The Morgan fingerprint density at radius 2 is 2.22 bits per heavy atom. The van der Waals surface area contributed by atoms with Crippen molar-refractivity contribution in [3.63, 3.8) is 0 Å². The molecule has 122 valence electrons. The maximum absolute atomic E-state index is 12.5. The number of carbonyl (C=O) groups excluding carboxylic acids is 1. The molecule has 0 radical (unpaired) electrons. The zero-order valence-electron chi connectivity index (χ0n) is 13.2. The molecule has 2 heterocycles. The van der Waals surface area contributed by atoms with Gasteiger partial charge in [-0.25, -0.2) is 4.98 Å². The molecule has 2 aromatic rings. The smallest absolute Gasteiger partial charge is 0.240 e. The van der Waals surface area contributed by atoms with Crippen molar-refractivity contribution in [1.29, 1.82) is 0 Å². The van der Waals surface area contributed by atoms with E-state index in [-0.39, 0.29) is 11.9 Å². The molecule has 6 heteroatoms. The quantitative estimate of drug-likeness (QED) is 0.897. The Morgan fingerprint density at radius 1 is 1.43 bits per heavy atom. The van der Waals surface area contributed by atoms with Gasteiger partial charge in [-0.15, -0.1) is 0 Å². The molecule has 3 N–H and O–H groups in total. The summed E-state index contributed by atoms with van der Waals surface area (Å²) in [7, 11) is 0. The average molecular weight is 314 g/mol. The van der Waals surface area contributed by atoms with E-state index in [4.69, 9.17) is 10.5 Å². The third-order valence-electron chi connectivity index (χ3n) is 4.36. The van der Waals surface area contributed by atoms with E-state index in [1.807, 2.05) is 42.0 Å². The van der Waals surface area contributed by atoms with Crippen LogP contribution in [-0.4, -0.2) is 34.2 Å². The number of nitrogens with one attached hydrogen (secondary N) is 1. The highest BCUT2D eigenvalue weighted by Gasteiger charge is 2.36. The fourth-order valence-corrected chi connectivity index (χ4v) is 2.75. The van der Waals surface area contributed by atoms with Gasteiger partial charge in [0.1, 0.15) is 0 Å². The summed E-state index contributed by atoms with van der Waals surface area (Å²) in [5.74, 6) is -0.110. The second-order valence-corrected chi connectivity index (χ2v) is 6.03. The maximum atomic E-state index is 12.5. The predicted molar refractivity (Wildman–Crippen MR) is 87.1 cm³/mol. The topological polar surface area (TPSA) is 82.2 Å². The van der Waals surface area contributed by atoms with E-state index >= 15 is 0 Å². The van der Waals surface area contributed by atoms with Gasteiger partial charge in [-0.2, -0.15) is 0 Å². The van der Waals surface area contributed by atoms with Crippen LogP contribution in [0.15, 0.2) is 43.0 Å². The molecule has 1 unspecified atom stereocenters. The van der Waals surface area contributed by atoms with Gasteiger partial charge >= 0.3 is 0 Å². The van der Waals surface area contributed by atoms with E-state index in [1.165, 1.54) is 0 Å². The van der Waals surface area contributed by atoms with E-state index in [0.717, 1.165) is 11.3 Å². The minimum absolute atomic E-state index is 0.110. The summed E-state index contributed by atoms with van der Waals surface area (Å²) >= 11 is 0. The van der Waals surface area contributed by atoms with Crippen LogP contribution in [0.1, 0.15) is 31.4 Å². The Morgan fingerprint density at radius 3 is 2.91 bits per heavy atom. The number of amides is 1. The van der Waals surface area contributed by atoms with Crippen LogP contribution in [0, 0.1) is 0 Å². The number of imidazole rings is 1. The summed E-state index contributed by atoms with van der Waals surface area (Å²) in [5, 5.41) is 3.03. The van der Waals surface area contributed by atoms with Crippen molar-refractivity contribution in [3.8, 4) is 5.69 Å². The largest absolute Gasteiger partial charge is 0.381 e. The van der Waals surface area contributed by atoms with Gasteiger partial charge in [-0.3, -0.25) is 4.79 Å². The molecular weight excluding hydrogens is 292 g/mol. The molecule has 1 saturated heterocycles. The van der Waals surface area contributed by atoms with Crippen molar-refractivity contribution in [3.05, 3.63) is 48.5 Å². The van der Waals surface area contributed by atoms with Crippen LogP contribution in [0.4, 0.5) is 0 Å². The van der Waals surface area contributed by atoms with Crippen molar-refractivity contribution >= 4 is 5.91 Å². The first-order valence-electron chi connectivity index (χ1n) is 7.84. The molecule has 0 bridgehead atoms. The Hall–Kier alpha value is -2.18. The number of benzene rings is 1. The number of carbonyl (C=O) groups is 1. The lowest BCUT2D eigenvalue weighted by atomic mass is 9.90. The van der Waals surface area contributed by atoms with Crippen LogP contribution in [0.2, 0.25) is 0 Å². The minimum atomic E-state index is -0.825. The normalized spacial score (nSPS) is 18.3. The Bertz CT molecular complexity index is 663. The van der Waals surface area contributed by atoms with Crippen molar-refractivity contribution in [1.82, 2.24) is 14.9 Å². The second-order valence-electron chi connectivity index (χ2n) is 6.03. The molecule has 1 aliphatic rings. The van der Waals surface area contributed by atoms with Crippen LogP contribution in [-0.2, 0) is 9.53 Å². The molecule has 1 aliphatic heterocycles. The first-order valence-corrected chi connectivity index (χ1v) is 7.84. The van der Waals surface area contributed by atoms with E-state index in [2.05, 4.69) is 10.3 Å². The van der Waals surface area contributed by atoms with Crippen molar-refractivity contribution in [2.24, 2.45) is 5.73 Å². The SMILES string of the molecule is CC(NC(=O)C1(N)CCOCC1)c1cccc(-n2ccnc2)c1. The monoisotopic (exact) mass is 314 g/mol. The highest BCUT2D eigenvalue weighted by atomic mass is 16.5. The predicted octanol–water partition coefficient (Wildman–Crippen LogP) is 1.56. The summed E-state index contributed by atoms with van der Waals surface area (Å²) < 4.78 is 7.22. The summed E-state index contributed by atoms with van der Waals surface area (Å²) in [6, 6.07) is 7.90. The number of nitrogens with zero attached hydrogens (tertiary/aromatic N) is 2. The van der Waals surface area contributed by atoms with Crippen LogP contribution in [0.3, 0.4) is 0 Å². The molecule has 1 aromatic heterocycles. The Labute approximate surface area is 135 Å². The third kappa shape index (κ3) is 3.43. The van der Waals surface area contributed by atoms with Gasteiger partial charge in [0, 0.05) is 31.3 Å². The summed E-state index contributed by atoms with van der Waals surface area (Å²) in [5.41, 5.74) is 7.44. The lowest BCUT2D eigenvalue weighted by Gasteiger charge is -2.33. The van der Waals surface area contributed by atoms with Gasteiger partial charge in [-0.05, 0) is 37.5 Å². The van der Waals surface area contributed by atoms with Gasteiger partial charge in [-0.1, -0.05) is 12.1 Å². The number of rotatable bonds is 4. The van der Waals surface area contributed by atoms with Gasteiger partial charge < -0.3 is 20.4 Å². The number of hydrogen-bond acceptors (Lipinski definition) is 4. The van der Waals surface area contributed by atoms with Gasteiger partial charge in [0.25, 0.3) is 0 Å². The fraction of sp³-hybridized carbons (Fsp3) is 0.412. The lowest BCUT2D eigenvalue weighted by molar-refractivity contribution is -0.130. The number of ether oxygens (including phenoxy) is 1. The third-order valence-corrected chi connectivity index (χ3v) is 4.36. The average Bonchev–Trinajstić information content (AvgIpc) is 3.10. The van der Waals surface area contributed by atoms with E-state index in [9.17, 15) is 4.79 Å². The standard InChI is InChI=1S/C17H22N4O2/c1-13(20-16(22)17(18)5-9-23-10-6-17)14-3-2-4-15(11-14)21-8-7-19-12-21/h2-4,7-8,11-13H,5-6,9-10,18H2,1H3,(H,20,22). The molecule has 0 spiro atoms. The lowest BCUT2D eigenvalue weighted by Crippen LogP contribution is -2.57. The van der Waals surface area contributed by atoms with Crippen LogP contribution in [0.25, 0.3) is 5.69 Å². The number of aromatic nitrogens is 2. The first kappa shape index (κ1) is 15.7. The van der Waals surface area contributed by atoms with Gasteiger partial charge in [0.15, 0.2) is 0 Å². The van der Waals surface area contributed by atoms with E-state index < -0.39 is 5.54 Å². The Kier molecular flexibility index (Phi) is 4.45. The zero-order chi connectivity index (χ0) is 16.3. The number of hydrogen-bond donors (Lipinski definition) is 2. The molecule has 1 aromatic carbocycles. The van der Waals surface area contributed by atoms with Crippen molar-refractivity contribution in [2.45, 2.75) is 31.3 Å². The molecule has 6 nitrogen and oxygen atoms in total. The second kappa shape index (κ2) is 6.52. The first-order chi connectivity index (χ1) is 11.1. The molecule has 3 rings (SSSR count). The van der Waals surface area contributed by atoms with Crippen molar-refractivity contribution < 1.29 is 9.53 Å². The number of nitrogens with two attached hydrogens (primary N) is 1. The minimum Gasteiger partial charge on any atom is -0.381 e. The molecule has 1 atom stereocenters. The maximum Gasteiger partial charge on any atom is 0.240 e. The molecule has 0 aliphatic carbocycles. The molecular formula is C17H22N4O2. The van der Waals surface area contributed by atoms with E-state index in [1.54, 1.807) is 12.5 Å². The molecule has 23 heavy (non-hydrogen) atoms. The highest BCUT2D eigenvalue weighted by molar-refractivity contribution is 5.86.